The molecule has 0 unspecified atom stereocenters. The van der Waals surface area contributed by atoms with Gasteiger partial charge in [0.05, 0.1) is 6.33 Å². The molecule has 1 aliphatic rings. The second-order valence-electron chi connectivity index (χ2n) is 1.80. The fraction of sp³-hybridized carbons (Fsp3) is 0.200. The van der Waals surface area contributed by atoms with Crippen molar-refractivity contribution in [3.05, 3.63) is 17.7 Å². The fourth-order valence-electron chi connectivity index (χ4n) is 0.815. The predicted molar refractivity (Wildman–Crippen MR) is 27.7 cm³/mol. The molecule has 0 saturated carbocycles. The third kappa shape index (κ3) is 0.468. The van der Waals surface area contributed by atoms with Gasteiger partial charge in [0, 0.05) is 0 Å². The molecule has 0 fully saturated rings. The number of H-pyrrole nitrogens is 1. The Kier molecular flexibility index (Phi) is 0.677. The van der Waals surface area contributed by atoms with Crippen LogP contribution in [-0.2, 0) is 11.3 Å². The van der Waals surface area contributed by atoms with Crippen LogP contribution in [0.2, 0.25) is 0 Å². The van der Waals surface area contributed by atoms with E-state index >= 15 is 0 Å². The van der Waals surface area contributed by atoms with Gasteiger partial charge in [-0.05, 0) is 0 Å². The number of nitrogens with one attached hydrogen (secondary N) is 1. The number of fused-ring (bicyclic) bond motifs is 1. The van der Waals surface area contributed by atoms with Gasteiger partial charge in [-0.1, -0.05) is 0 Å². The van der Waals surface area contributed by atoms with E-state index in [1.807, 2.05) is 0 Å². The predicted octanol–water partition coefficient (Wildman–Crippen LogP) is 0.0801. The molecule has 2 rings (SSSR count). The molecule has 0 radical (unpaired) electrons. The minimum atomic E-state index is -0.303. The number of rotatable bonds is 0. The number of hydrogen-bond acceptors (Lipinski definition) is 3. The van der Waals surface area contributed by atoms with Crippen molar-refractivity contribution in [2.75, 3.05) is 0 Å². The second kappa shape index (κ2) is 1.34. The average molecular weight is 124 g/mol. The highest BCUT2D eigenvalue weighted by Crippen LogP contribution is 2.13. The largest absolute Gasteiger partial charge is 0.454 e. The summed E-state index contributed by atoms with van der Waals surface area (Å²) in [5, 5.41) is 0. The topological polar surface area (TPSA) is 55.0 Å². The smallest absolute Gasteiger partial charge is 0.357 e. The van der Waals surface area contributed by atoms with E-state index in [-0.39, 0.29) is 5.97 Å². The van der Waals surface area contributed by atoms with E-state index in [0.717, 1.165) is 0 Å². The van der Waals surface area contributed by atoms with Crippen molar-refractivity contribution in [2.24, 2.45) is 0 Å². The number of ether oxygens (including phenoxy) is 1. The number of nitrogens with zero attached hydrogens (tertiary/aromatic N) is 1. The summed E-state index contributed by atoms with van der Waals surface area (Å²) in [4.78, 5) is 17.2. The summed E-state index contributed by atoms with van der Waals surface area (Å²) in [5.74, 6) is -0.303. The molecular weight excluding hydrogens is 120 g/mol. The Balaban J connectivity index is 2.61. The number of carbonyl (C=O) groups excluding carboxylic acids is 1. The minimum absolute atomic E-state index is 0.303. The van der Waals surface area contributed by atoms with Gasteiger partial charge in [-0.3, -0.25) is 0 Å². The minimum Gasteiger partial charge on any atom is -0.454 e. The number of cyclic esters (lactones) is 1. The highest BCUT2D eigenvalue weighted by molar-refractivity contribution is 5.90. The van der Waals surface area contributed by atoms with Crippen LogP contribution in [0.1, 0.15) is 16.2 Å². The van der Waals surface area contributed by atoms with Crippen molar-refractivity contribution in [3.63, 3.8) is 0 Å². The summed E-state index contributed by atoms with van der Waals surface area (Å²) >= 11 is 0. The number of esters is 1. The van der Waals surface area contributed by atoms with E-state index in [4.69, 9.17) is 0 Å². The van der Waals surface area contributed by atoms with Crippen LogP contribution in [-0.4, -0.2) is 15.9 Å². The van der Waals surface area contributed by atoms with Crippen LogP contribution in [0.3, 0.4) is 0 Å². The van der Waals surface area contributed by atoms with Gasteiger partial charge in [-0.25, -0.2) is 9.78 Å². The second-order valence-corrected chi connectivity index (χ2v) is 1.80. The number of imidazole rings is 1. The van der Waals surface area contributed by atoms with Crippen LogP contribution in [0.5, 0.6) is 0 Å². The summed E-state index contributed by atoms with van der Waals surface area (Å²) in [6, 6.07) is 0. The Bertz CT molecular complexity index is 253. The zero-order chi connectivity index (χ0) is 6.27. The molecule has 0 spiro atoms. The summed E-state index contributed by atoms with van der Waals surface area (Å²) in [5.41, 5.74) is 1.20. The van der Waals surface area contributed by atoms with Gasteiger partial charge < -0.3 is 9.72 Å². The Labute approximate surface area is 50.9 Å². The Morgan fingerprint density at radius 3 is 3.44 bits per heavy atom. The molecule has 1 N–H and O–H groups in total. The number of aromatic amines is 1. The van der Waals surface area contributed by atoms with Crippen LogP contribution >= 0.6 is 0 Å². The van der Waals surface area contributed by atoms with Gasteiger partial charge in [-0.15, -0.1) is 0 Å². The lowest BCUT2D eigenvalue weighted by atomic mass is 10.4. The maximum absolute atomic E-state index is 10.6. The van der Waals surface area contributed by atoms with Crippen molar-refractivity contribution in [1.29, 1.82) is 0 Å². The molecule has 0 saturated heterocycles. The quantitative estimate of drug-likeness (QED) is 0.498. The van der Waals surface area contributed by atoms with E-state index in [0.29, 0.717) is 18.0 Å². The van der Waals surface area contributed by atoms with Crippen molar-refractivity contribution < 1.29 is 9.53 Å². The van der Waals surface area contributed by atoms with Crippen molar-refractivity contribution in [3.8, 4) is 0 Å². The first-order valence-electron chi connectivity index (χ1n) is 2.57. The first kappa shape index (κ1) is 4.55. The average Bonchev–Trinajstić information content (AvgIpc) is 2.35. The maximum Gasteiger partial charge on any atom is 0.357 e. The van der Waals surface area contributed by atoms with Crippen molar-refractivity contribution in [1.82, 2.24) is 9.97 Å². The fourth-order valence-corrected chi connectivity index (χ4v) is 0.815. The van der Waals surface area contributed by atoms with Gasteiger partial charge in [0.2, 0.25) is 0 Å². The van der Waals surface area contributed by atoms with Crippen LogP contribution in [0, 0.1) is 0 Å². The van der Waals surface area contributed by atoms with E-state index in [1.54, 1.807) is 0 Å². The number of carbonyl (C=O) groups is 1. The number of hydrogen-bond donors (Lipinski definition) is 1. The van der Waals surface area contributed by atoms with Crippen LogP contribution in [0.25, 0.3) is 0 Å². The lowest BCUT2D eigenvalue weighted by Crippen LogP contribution is -1.93. The molecule has 0 amide bonds. The molecule has 1 aromatic rings. The zero-order valence-electron chi connectivity index (χ0n) is 4.55. The van der Waals surface area contributed by atoms with Gasteiger partial charge in [0.15, 0.2) is 5.69 Å². The zero-order valence-corrected chi connectivity index (χ0v) is 4.55. The maximum atomic E-state index is 10.6. The van der Waals surface area contributed by atoms with Crippen molar-refractivity contribution in [2.45, 2.75) is 6.61 Å². The first-order chi connectivity index (χ1) is 4.38. The summed E-state index contributed by atoms with van der Waals surface area (Å²) < 4.78 is 4.63. The first-order valence-corrected chi connectivity index (χ1v) is 2.57. The van der Waals surface area contributed by atoms with Gasteiger partial charge in [-0.2, -0.15) is 0 Å². The summed E-state index contributed by atoms with van der Waals surface area (Å²) in [6.07, 6.45) is 1.49. The van der Waals surface area contributed by atoms with Gasteiger partial charge >= 0.3 is 5.97 Å². The molecule has 1 aromatic heterocycles. The van der Waals surface area contributed by atoms with E-state index in [1.165, 1.54) is 6.33 Å². The van der Waals surface area contributed by atoms with E-state index in [9.17, 15) is 4.79 Å². The van der Waals surface area contributed by atoms with Crippen LogP contribution < -0.4 is 0 Å². The Morgan fingerprint density at radius 2 is 2.67 bits per heavy atom. The molecule has 4 heteroatoms. The summed E-state index contributed by atoms with van der Waals surface area (Å²) in [6.45, 7) is 0.317. The molecule has 9 heavy (non-hydrogen) atoms. The third-order valence-electron chi connectivity index (χ3n) is 1.26. The summed E-state index contributed by atoms with van der Waals surface area (Å²) in [7, 11) is 0. The third-order valence-corrected chi connectivity index (χ3v) is 1.26. The van der Waals surface area contributed by atoms with Gasteiger partial charge in [0.25, 0.3) is 0 Å². The molecule has 0 aliphatic carbocycles. The van der Waals surface area contributed by atoms with Gasteiger partial charge in [0.1, 0.15) is 12.3 Å². The standard InChI is InChI=1S/C5H4N2O2/c8-5-4-3(1-9-5)6-2-7-4/h2H,1H2,(H,6,7). The molecule has 4 nitrogen and oxygen atoms in total. The van der Waals surface area contributed by atoms with Crippen molar-refractivity contribution >= 4 is 5.97 Å². The van der Waals surface area contributed by atoms with E-state index < -0.39 is 0 Å². The SMILES string of the molecule is O=C1OCc2nc[nH]c21. The Morgan fingerprint density at radius 1 is 1.78 bits per heavy atom. The molecule has 46 valence electrons. The highest BCUT2D eigenvalue weighted by Gasteiger charge is 2.22. The molecule has 0 atom stereocenters. The lowest BCUT2D eigenvalue weighted by Gasteiger charge is -1.84. The molecule has 2 heterocycles. The lowest BCUT2D eigenvalue weighted by molar-refractivity contribution is 0.0527. The molecule has 0 bridgehead atoms. The molecule has 0 aromatic carbocycles. The number of aromatic nitrogens is 2. The normalized spacial score (nSPS) is 15.3. The molecule has 1 aliphatic heterocycles. The monoisotopic (exact) mass is 124 g/mol. The van der Waals surface area contributed by atoms with E-state index in [2.05, 4.69) is 14.7 Å². The highest BCUT2D eigenvalue weighted by atomic mass is 16.5. The van der Waals surface area contributed by atoms with Crippen LogP contribution in [0.4, 0.5) is 0 Å². The van der Waals surface area contributed by atoms with Crippen LogP contribution in [0.15, 0.2) is 6.33 Å². The Hall–Kier alpha value is -1.32. The molecular formula is C5H4N2O2.